The molecule has 1 aliphatic rings. The molecule has 0 unspecified atom stereocenters. The molecule has 0 aromatic carbocycles. The molecule has 0 atom stereocenters. The van der Waals surface area contributed by atoms with Crippen molar-refractivity contribution in [2.45, 2.75) is 0 Å². The van der Waals surface area contributed by atoms with Crippen molar-refractivity contribution in [1.29, 1.82) is 0 Å². The SMILES string of the molecule is CO[C-]=C=C=C1C=CC(=[O+]C)C=C1. The van der Waals surface area contributed by atoms with Crippen molar-refractivity contribution in [2.24, 2.45) is 0 Å². The summed E-state index contributed by atoms with van der Waals surface area (Å²) in [4.78, 5) is 0. The second-order valence-corrected chi connectivity index (χ2v) is 2.28. The molecule has 0 radical (unpaired) electrons. The van der Waals surface area contributed by atoms with Crippen LogP contribution in [0, 0.1) is 6.26 Å². The minimum absolute atomic E-state index is 0.824. The monoisotopic (exact) mass is 174 g/mol. The van der Waals surface area contributed by atoms with Gasteiger partial charge in [-0.2, -0.15) is 0 Å². The molecule has 0 spiro atoms. The van der Waals surface area contributed by atoms with Gasteiger partial charge in [-0.25, -0.2) is 0 Å². The highest BCUT2D eigenvalue weighted by Gasteiger charge is 2.01. The molecule has 0 N–H and O–H groups in total. The molecule has 1 aliphatic carbocycles. The minimum atomic E-state index is 0.824. The van der Waals surface area contributed by atoms with E-state index < -0.39 is 0 Å². The molecular weight excluding hydrogens is 164 g/mol. The van der Waals surface area contributed by atoms with Gasteiger partial charge in [-0.1, -0.05) is 17.7 Å². The number of allylic oxidation sites excluding steroid dienone is 5. The summed E-state index contributed by atoms with van der Waals surface area (Å²) in [5.41, 5.74) is 6.39. The second kappa shape index (κ2) is 5.00. The highest BCUT2D eigenvalue weighted by Crippen LogP contribution is 2.03. The average molecular weight is 174 g/mol. The van der Waals surface area contributed by atoms with Crippen LogP contribution in [0.1, 0.15) is 0 Å². The van der Waals surface area contributed by atoms with Gasteiger partial charge in [0.2, 0.25) is 0 Å². The van der Waals surface area contributed by atoms with Crippen LogP contribution in [0.25, 0.3) is 0 Å². The van der Waals surface area contributed by atoms with Gasteiger partial charge in [-0.3, -0.25) is 15.9 Å². The molecule has 0 amide bonds. The van der Waals surface area contributed by atoms with Crippen LogP contribution in [0.3, 0.4) is 0 Å². The molecule has 0 aromatic heterocycles. The highest BCUT2D eigenvalue weighted by molar-refractivity contribution is 6.01. The van der Waals surface area contributed by atoms with Crippen molar-refractivity contribution < 1.29 is 9.16 Å². The van der Waals surface area contributed by atoms with Gasteiger partial charge >= 0.3 is 5.78 Å². The Morgan fingerprint density at radius 1 is 1.31 bits per heavy atom. The first-order valence-electron chi connectivity index (χ1n) is 3.80. The Kier molecular flexibility index (Phi) is 3.59. The first-order chi connectivity index (χ1) is 6.36. The Bertz CT molecular complexity index is 340. The molecule has 0 bridgehead atoms. The Balaban J connectivity index is 2.86. The molecule has 0 heterocycles. The maximum atomic E-state index is 5.01. The van der Waals surface area contributed by atoms with E-state index in [9.17, 15) is 0 Å². The number of ketones is 1. The standard InChI is InChI=1S/C11H10O2/c1-12-9-3-4-10-5-7-11(13-2)8-6-10/h5-8H,1-2H3. The van der Waals surface area contributed by atoms with E-state index in [-0.39, 0.29) is 0 Å². The van der Waals surface area contributed by atoms with Gasteiger partial charge in [-0.15, -0.1) is 0 Å². The lowest BCUT2D eigenvalue weighted by molar-refractivity contribution is -0.417. The van der Waals surface area contributed by atoms with Gasteiger partial charge in [0.15, 0.2) is 0 Å². The van der Waals surface area contributed by atoms with Crippen LogP contribution in [-0.4, -0.2) is 20.0 Å². The molecule has 0 saturated heterocycles. The number of carbonyl (C=O) groups excluding carboxylic acids is 1. The van der Waals surface area contributed by atoms with E-state index in [0.717, 1.165) is 11.4 Å². The first-order valence-corrected chi connectivity index (χ1v) is 3.80. The average Bonchev–Trinajstić information content (AvgIpc) is 2.19. The fourth-order valence-corrected chi connectivity index (χ4v) is 0.823. The van der Waals surface area contributed by atoms with Crippen molar-refractivity contribution in [3.8, 4) is 0 Å². The van der Waals surface area contributed by atoms with E-state index >= 15 is 0 Å². The van der Waals surface area contributed by atoms with E-state index in [0.29, 0.717) is 0 Å². The van der Waals surface area contributed by atoms with Crippen molar-refractivity contribution in [3.05, 3.63) is 47.6 Å². The van der Waals surface area contributed by atoms with Crippen molar-refractivity contribution >= 4 is 5.78 Å². The van der Waals surface area contributed by atoms with Crippen LogP contribution in [0.15, 0.2) is 41.3 Å². The Morgan fingerprint density at radius 2 is 2.00 bits per heavy atom. The summed E-state index contributed by atoms with van der Waals surface area (Å²) in [7, 11) is 3.15. The zero-order valence-corrected chi connectivity index (χ0v) is 7.63. The van der Waals surface area contributed by atoms with E-state index in [1.54, 1.807) is 7.11 Å². The number of hydrogen-bond donors (Lipinski definition) is 0. The zero-order valence-electron chi connectivity index (χ0n) is 7.63. The summed E-state index contributed by atoms with van der Waals surface area (Å²) >= 11 is 0. The number of ether oxygens (including phenoxy) is 1. The van der Waals surface area contributed by atoms with E-state index in [2.05, 4.69) is 22.5 Å². The van der Waals surface area contributed by atoms with E-state index in [4.69, 9.17) is 4.42 Å². The van der Waals surface area contributed by atoms with Crippen molar-refractivity contribution in [2.75, 3.05) is 14.2 Å². The Morgan fingerprint density at radius 3 is 2.54 bits per heavy atom. The topological polar surface area (TPSA) is 20.5 Å². The smallest absolute Gasteiger partial charge is 0.343 e. The largest absolute Gasteiger partial charge is 0.587 e. The molecule has 0 fully saturated rings. The molecule has 2 nitrogen and oxygen atoms in total. The number of hydrogen-bond acceptors (Lipinski definition) is 1. The number of methoxy groups -OCH3 is 1. The lowest BCUT2D eigenvalue weighted by Gasteiger charge is -1.95. The van der Waals surface area contributed by atoms with Gasteiger partial charge in [0.25, 0.3) is 7.11 Å². The molecule has 0 aromatic rings. The van der Waals surface area contributed by atoms with Gasteiger partial charge < -0.3 is 4.74 Å². The van der Waals surface area contributed by atoms with Crippen molar-refractivity contribution in [1.82, 2.24) is 0 Å². The molecule has 0 saturated carbocycles. The van der Waals surface area contributed by atoms with Crippen LogP contribution in [0.2, 0.25) is 0 Å². The summed E-state index contributed by atoms with van der Waals surface area (Å²) in [5, 5.41) is 0. The summed E-state index contributed by atoms with van der Waals surface area (Å²) in [6.45, 7) is 0. The molecule has 66 valence electrons. The quantitative estimate of drug-likeness (QED) is 0.255. The van der Waals surface area contributed by atoms with Crippen LogP contribution in [0.4, 0.5) is 0 Å². The summed E-state index contributed by atoms with van der Waals surface area (Å²) in [6.07, 6.45) is 9.91. The third-order valence-corrected chi connectivity index (χ3v) is 1.45. The highest BCUT2D eigenvalue weighted by atomic mass is 16.5. The van der Waals surface area contributed by atoms with Gasteiger partial charge in [0, 0.05) is 12.2 Å². The predicted molar refractivity (Wildman–Crippen MR) is 50.0 cm³/mol. The normalized spacial score (nSPS) is 13.4. The summed E-state index contributed by atoms with van der Waals surface area (Å²) in [6, 6.07) is 0. The maximum Gasteiger partial charge on any atom is 0.343 e. The van der Waals surface area contributed by atoms with Gasteiger partial charge in [0.05, 0.1) is 7.11 Å². The summed E-state index contributed by atoms with van der Waals surface area (Å²) in [5.74, 6) is 0.824. The minimum Gasteiger partial charge on any atom is -0.587 e. The van der Waals surface area contributed by atoms with Crippen LogP contribution >= 0.6 is 0 Å². The Hall–Kier alpha value is -1.75. The van der Waals surface area contributed by atoms with Crippen LogP contribution < -0.4 is 0 Å². The number of rotatable bonds is 1. The molecule has 0 aliphatic heterocycles. The lowest BCUT2D eigenvalue weighted by atomic mass is 10.1. The van der Waals surface area contributed by atoms with Gasteiger partial charge in [0.1, 0.15) is 0 Å². The maximum absolute atomic E-state index is 5.01. The molecular formula is C11H10O2. The fourth-order valence-electron chi connectivity index (χ4n) is 0.823. The summed E-state index contributed by atoms with van der Waals surface area (Å²) < 4.78 is 9.57. The zero-order chi connectivity index (χ0) is 9.52. The molecule has 2 heteroatoms. The fraction of sp³-hybridized carbons (Fsp3) is 0.182. The third-order valence-electron chi connectivity index (χ3n) is 1.45. The second-order valence-electron chi connectivity index (χ2n) is 2.28. The van der Waals surface area contributed by atoms with Crippen molar-refractivity contribution in [3.63, 3.8) is 0 Å². The first kappa shape index (κ1) is 9.34. The van der Waals surface area contributed by atoms with Crippen LogP contribution in [0.5, 0.6) is 0 Å². The van der Waals surface area contributed by atoms with E-state index in [1.807, 2.05) is 24.3 Å². The molecule has 1 rings (SSSR count). The predicted octanol–water partition coefficient (Wildman–Crippen LogP) is 1.49. The third kappa shape index (κ3) is 3.00. The van der Waals surface area contributed by atoms with Crippen LogP contribution in [-0.2, 0) is 9.16 Å². The van der Waals surface area contributed by atoms with E-state index in [1.165, 1.54) is 7.11 Å². The van der Waals surface area contributed by atoms with Gasteiger partial charge in [-0.05, 0) is 6.26 Å². The molecule has 13 heavy (non-hydrogen) atoms. The Labute approximate surface area is 77.5 Å². The lowest BCUT2D eigenvalue weighted by Crippen LogP contribution is -1.94.